The lowest BCUT2D eigenvalue weighted by Gasteiger charge is -2.43. The maximum Gasteiger partial charge on any atom is 0.266 e. The number of nitrogens with zero attached hydrogens (tertiary/aromatic N) is 3. The Balaban J connectivity index is 1.61. The number of likely N-dealkylation sites (N-methyl/N-ethyl adjacent to an activating group) is 1. The van der Waals surface area contributed by atoms with E-state index < -0.39 is 26.8 Å². The zero-order valence-corrected chi connectivity index (χ0v) is 25.1. The Labute approximate surface area is 245 Å². The van der Waals surface area contributed by atoms with Crippen LogP contribution in [0.25, 0.3) is 0 Å². The minimum absolute atomic E-state index is 0.00162. The van der Waals surface area contributed by atoms with Crippen molar-refractivity contribution in [1.29, 1.82) is 0 Å². The largest absolute Gasteiger partial charge is 0.379 e. The van der Waals surface area contributed by atoms with E-state index in [0.29, 0.717) is 12.8 Å². The first-order valence-electron chi connectivity index (χ1n) is 13.5. The van der Waals surface area contributed by atoms with Crippen molar-refractivity contribution in [3.63, 3.8) is 0 Å². The molecule has 0 radical (unpaired) electrons. The van der Waals surface area contributed by atoms with Crippen molar-refractivity contribution in [2.24, 2.45) is 11.7 Å². The summed E-state index contributed by atoms with van der Waals surface area (Å²) in [6.45, 7) is 5.86. The van der Waals surface area contributed by atoms with E-state index in [4.69, 9.17) is 17.3 Å². The minimum atomic E-state index is -4.31. The summed E-state index contributed by atoms with van der Waals surface area (Å²) in [5.41, 5.74) is 8.84. The first kappa shape index (κ1) is 30.7. The fraction of sp³-hybridized carbons (Fsp3) is 0.414. The quantitative estimate of drug-likeness (QED) is 0.316. The monoisotopic (exact) mass is 602 g/mol. The summed E-state index contributed by atoms with van der Waals surface area (Å²) in [6, 6.07) is 10.6. The molecule has 4 atom stereocenters. The number of halogens is 2. The number of nitrogens with one attached hydrogen (secondary N) is 2. The number of hydrogen-bond acceptors (Lipinski definition) is 7. The smallest absolute Gasteiger partial charge is 0.266 e. The van der Waals surface area contributed by atoms with Gasteiger partial charge in [0.1, 0.15) is 22.9 Å². The van der Waals surface area contributed by atoms with Crippen LogP contribution in [0.3, 0.4) is 0 Å². The normalized spacial score (nSPS) is 20.0. The Bertz CT molecular complexity index is 1490. The molecule has 4 N–H and O–H groups in total. The number of rotatable bonds is 9. The molecule has 2 aromatic carbocycles. The molecule has 1 amide bonds. The van der Waals surface area contributed by atoms with Crippen LogP contribution in [0.2, 0.25) is 5.02 Å². The number of amides is 1. The molecule has 4 rings (SSSR count). The van der Waals surface area contributed by atoms with Crippen molar-refractivity contribution in [3.05, 3.63) is 77.0 Å². The number of aryl methyl sites for hydroxylation is 1. The van der Waals surface area contributed by atoms with Gasteiger partial charge in [0.25, 0.3) is 10.0 Å². The summed E-state index contributed by atoms with van der Waals surface area (Å²) >= 11 is 6.51. The maximum atomic E-state index is 15.3. The molecule has 0 saturated heterocycles. The van der Waals surface area contributed by atoms with E-state index in [9.17, 15) is 13.2 Å². The molecule has 41 heavy (non-hydrogen) atoms. The number of carbonyl (C=O) groups excluding carboxylic acids is 1. The SMILES string of the molecule is Cc1cccc([C@H]2CCC(Nc3cc(F)c(S(=O)(=O)Nc4ccncn4)cc3Cl)[C@@H](N(C)C(=O)[C@@H](N)C(C)C)C2)c1. The van der Waals surface area contributed by atoms with Gasteiger partial charge in [-0.3, -0.25) is 9.52 Å². The van der Waals surface area contributed by atoms with Crippen LogP contribution in [0.1, 0.15) is 50.2 Å². The summed E-state index contributed by atoms with van der Waals surface area (Å²) in [5, 5.41) is 3.34. The molecule has 9 nitrogen and oxygen atoms in total. The molecule has 12 heteroatoms. The highest BCUT2D eigenvalue weighted by atomic mass is 35.5. The molecule has 1 saturated carbocycles. The molecule has 1 heterocycles. The van der Waals surface area contributed by atoms with Crippen LogP contribution in [0, 0.1) is 18.7 Å². The number of carbonyl (C=O) groups is 1. The summed E-state index contributed by atoms with van der Waals surface area (Å²) in [4.78, 5) is 22.0. The Hall–Kier alpha value is -3.28. The van der Waals surface area contributed by atoms with E-state index in [-0.39, 0.29) is 46.4 Å². The van der Waals surface area contributed by atoms with Crippen molar-refractivity contribution in [1.82, 2.24) is 14.9 Å². The number of nitrogens with two attached hydrogens (primary N) is 1. The van der Waals surface area contributed by atoms with Crippen LogP contribution in [0.5, 0.6) is 0 Å². The number of sulfonamides is 1. The Morgan fingerprint density at radius 1 is 1.20 bits per heavy atom. The summed E-state index contributed by atoms with van der Waals surface area (Å²) in [6.07, 6.45) is 4.72. The van der Waals surface area contributed by atoms with Crippen LogP contribution in [-0.2, 0) is 14.8 Å². The third-order valence-electron chi connectivity index (χ3n) is 7.65. The molecular formula is C29H36ClFN6O3S. The van der Waals surface area contributed by atoms with Crippen molar-refractivity contribution in [2.45, 2.75) is 69.0 Å². The predicted molar refractivity (Wildman–Crippen MR) is 159 cm³/mol. The van der Waals surface area contributed by atoms with Crippen molar-refractivity contribution < 1.29 is 17.6 Å². The molecule has 1 unspecified atom stereocenters. The second-order valence-electron chi connectivity index (χ2n) is 10.9. The van der Waals surface area contributed by atoms with Gasteiger partial charge in [-0.15, -0.1) is 0 Å². The van der Waals surface area contributed by atoms with Gasteiger partial charge in [0, 0.05) is 19.3 Å². The van der Waals surface area contributed by atoms with Gasteiger partial charge in [0.2, 0.25) is 5.91 Å². The third-order valence-corrected chi connectivity index (χ3v) is 9.33. The topological polar surface area (TPSA) is 130 Å². The van der Waals surface area contributed by atoms with E-state index in [1.807, 2.05) is 19.9 Å². The highest BCUT2D eigenvalue weighted by Gasteiger charge is 2.38. The lowest BCUT2D eigenvalue weighted by Crippen LogP contribution is -2.55. The van der Waals surface area contributed by atoms with Gasteiger partial charge in [-0.2, -0.15) is 0 Å². The van der Waals surface area contributed by atoms with Crippen LogP contribution in [0.4, 0.5) is 15.9 Å². The van der Waals surface area contributed by atoms with Gasteiger partial charge in [-0.05, 0) is 61.8 Å². The lowest BCUT2D eigenvalue weighted by atomic mass is 9.77. The molecule has 1 aromatic heterocycles. The van der Waals surface area contributed by atoms with Crippen LogP contribution in [0.15, 0.2) is 59.9 Å². The first-order valence-corrected chi connectivity index (χ1v) is 15.4. The van der Waals surface area contributed by atoms with E-state index in [1.54, 1.807) is 11.9 Å². The van der Waals surface area contributed by atoms with E-state index in [2.05, 4.69) is 45.1 Å². The van der Waals surface area contributed by atoms with Gasteiger partial charge in [0.15, 0.2) is 0 Å². The molecule has 0 spiro atoms. The molecule has 1 aliphatic carbocycles. The van der Waals surface area contributed by atoms with E-state index >= 15 is 4.39 Å². The Morgan fingerprint density at radius 2 is 1.95 bits per heavy atom. The number of benzene rings is 2. The Kier molecular flexibility index (Phi) is 9.51. The summed E-state index contributed by atoms with van der Waals surface area (Å²) in [5.74, 6) is -0.971. The molecule has 220 valence electrons. The van der Waals surface area contributed by atoms with E-state index in [0.717, 1.165) is 24.1 Å². The fourth-order valence-electron chi connectivity index (χ4n) is 5.24. The second-order valence-corrected chi connectivity index (χ2v) is 13.0. The lowest BCUT2D eigenvalue weighted by molar-refractivity contribution is -0.135. The summed E-state index contributed by atoms with van der Waals surface area (Å²) in [7, 11) is -2.56. The molecule has 1 aliphatic rings. The Morgan fingerprint density at radius 3 is 2.61 bits per heavy atom. The van der Waals surface area contributed by atoms with Crippen LogP contribution in [-0.4, -0.2) is 54.4 Å². The molecule has 1 fully saturated rings. The van der Waals surface area contributed by atoms with Gasteiger partial charge < -0.3 is 16.0 Å². The molecule has 0 aliphatic heterocycles. The first-order chi connectivity index (χ1) is 19.4. The summed E-state index contributed by atoms with van der Waals surface area (Å²) < 4.78 is 43.2. The zero-order valence-electron chi connectivity index (χ0n) is 23.5. The van der Waals surface area contributed by atoms with Crippen molar-refractivity contribution >= 4 is 39.0 Å². The highest BCUT2D eigenvalue weighted by molar-refractivity contribution is 7.92. The number of aromatic nitrogens is 2. The maximum absolute atomic E-state index is 15.3. The highest BCUT2D eigenvalue weighted by Crippen LogP contribution is 2.38. The molecular weight excluding hydrogens is 567 g/mol. The van der Waals surface area contributed by atoms with Gasteiger partial charge in [-0.1, -0.05) is 55.3 Å². The van der Waals surface area contributed by atoms with Crippen LogP contribution >= 0.6 is 11.6 Å². The second kappa shape index (κ2) is 12.7. The van der Waals surface area contributed by atoms with Crippen LogP contribution < -0.4 is 15.8 Å². The molecule has 3 aromatic rings. The van der Waals surface area contributed by atoms with Crippen molar-refractivity contribution in [3.8, 4) is 0 Å². The van der Waals surface area contributed by atoms with Gasteiger partial charge >= 0.3 is 0 Å². The molecule has 0 bridgehead atoms. The van der Waals surface area contributed by atoms with Gasteiger partial charge in [-0.25, -0.2) is 22.8 Å². The zero-order chi connectivity index (χ0) is 29.9. The minimum Gasteiger partial charge on any atom is -0.379 e. The van der Waals surface area contributed by atoms with E-state index in [1.165, 1.54) is 24.2 Å². The van der Waals surface area contributed by atoms with Gasteiger partial charge in [0.05, 0.1) is 22.8 Å². The fourth-order valence-corrected chi connectivity index (χ4v) is 6.62. The van der Waals surface area contributed by atoms with Crippen molar-refractivity contribution in [2.75, 3.05) is 17.1 Å². The average Bonchev–Trinajstić information content (AvgIpc) is 2.94. The number of hydrogen-bond donors (Lipinski definition) is 3. The third kappa shape index (κ3) is 7.14. The average molecular weight is 603 g/mol. The standard InChI is InChI=1S/C29H36ClFN6O3S/c1-17(2)28(32)29(38)37(4)25-13-20(19-7-5-6-18(3)12-19)8-9-23(25)35-24-15-22(31)26(14-21(24)30)41(39,40)36-27-10-11-33-16-34-27/h5-7,10-12,14-17,20,23,25,28,35H,8-9,13,32H2,1-4H3,(H,33,34,36)/t20-,23?,25-,28-/m0/s1. The predicted octanol–water partition coefficient (Wildman–Crippen LogP) is 4.94. The number of anilines is 2.